The van der Waals surface area contributed by atoms with E-state index < -0.39 is 5.97 Å². The van der Waals surface area contributed by atoms with Crippen LogP contribution in [0, 0.1) is 0 Å². The zero-order valence-corrected chi connectivity index (χ0v) is 14.5. The van der Waals surface area contributed by atoms with Gasteiger partial charge in [-0.15, -0.1) is 0 Å². The van der Waals surface area contributed by atoms with Crippen molar-refractivity contribution in [3.63, 3.8) is 0 Å². The molecule has 1 aromatic heterocycles. The molecule has 0 spiro atoms. The molecule has 2 aromatic carbocycles. The molecule has 0 unspecified atom stereocenters. The summed E-state index contributed by atoms with van der Waals surface area (Å²) in [5, 5.41) is 12.4. The number of rotatable bonds is 7. The van der Waals surface area contributed by atoms with Crippen LogP contribution in [0.25, 0.3) is 0 Å². The molecular formula is C20H20N4O2. The van der Waals surface area contributed by atoms with Crippen LogP contribution in [0.15, 0.2) is 66.9 Å². The summed E-state index contributed by atoms with van der Waals surface area (Å²) in [7, 11) is 0. The molecule has 3 aromatic rings. The monoisotopic (exact) mass is 348 g/mol. The lowest BCUT2D eigenvalue weighted by molar-refractivity contribution is 0.0698. The highest BCUT2D eigenvalue weighted by Gasteiger charge is 2.12. The minimum Gasteiger partial charge on any atom is -0.478 e. The number of anilines is 3. The number of benzene rings is 2. The second-order valence-corrected chi connectivity index (χ2v) is 5.72. The Morgan fingerprint density at radius 2 is 1.81 bits per heavy atom. The Bertz CT molecular complexity index is 884. The van der Waals surface area contributed by atoms with Crippen LogP contribution < -0.4 is 10.2 Å². The number of aromatic nitrogens is 2. The lowest BCUT2D eigenvalue weighted by Gasteiger charge is -2.21. The standard InChI is InChI=1S/C20H20N4O2/c1-2-24(14-15-8-4-3-5-9-15)20-21-13-12-18(23-20)22-17-11-7-6-10-16(17)19(25)26/h3-13H,2,14H2,1H3,(H,25,26)(H,21,22,23). The fourth-order valence-electron chi connectivity index (χ4n) is 2.61. The number of carbonyl (C=O) groups is 1. The van der Waals surface area contributed by atoms with Crippen molar-refractivity contribution in [1.82, 2.24) is 9.97 Å². The maximum absolute atomic E-state index is 11.4. The van der Waals surface area contributed by atoms with Gasteiger partial charge in [0.1, 0.15) is 5.82 Å². The number of hydrogen-bond donors (Lipinski definition) is 2. The quantitative estimate of drug-likeness (QED) is 0.673. The van der Waals surface area contributed by atoms with Crippen LogP contribution in [0.3, 0.4) is 0 Å². The van der Waals surface area contributed by atoms with E-state index in [2.05, 4.69) is 32.3 Å². The van der Waals surface area contributed by atoms with E-state index in [0.717, 1.165) is 6.54 Å². The summed E-state index contributed by atoms with van der Waals surface area (Å²) >= 11 is 0. The summed E-state index contributed by atoms with van der Waals surface area (Å²) in [4.78, 5) is 22.3. The van der Waals surface area contributed by atoms with Crippen molar-refractivity contribution in [1.29, 1.82) is 0 Å². The first-order valence-electron chi connectivity index (χ1n) is 8.38. The van der Waals surface area contributed by atoms with Gasteiger partial charge in [0.15, 0.2) is 0 Å². The minimum absolute atomic E-state index is 0.198. The maximum Gasteiger partial charge on any atom is 0.337 e. The number of nitrogens with one attached hydrogen (secondary N) is 1. The first-order valence-corrected chi connectivity index (χ1v) is 8.38. The molecule has 3 rings (SSSR count). The summed E-state index contributed by atoms with van der Waals surface area (Å²) in [5.41, 5.74) is 1.87. The topological polar surface area (TPSA) is 78.4 Å². The van der Waals surface area contributed by atoms with Crippen molar-refractivity contribution < 1.29 is 9.90 Å². The number of para-hydroxylation sites is 1. The van der Waals surface area contributed by atoms with E-state index >= 15 is 0 Å². The van der Waals surface area contributed by atoms with E-state index in [1.807, 2.05) is 25.1 Å². The van der Waals surface area contributed by atoms with E-state index in [0.29, 0.717) is 24.0 Å². The molecule has 0 amide bonds. The van der Waals surface area contributed by atoms with Crippen LogP contribution in [0.2, 0.25) is 0 Å². The van der Waals surface area contributed by atoms with Crippen molar-refractivity contribution in [2.45, 2.75) is 13.5 Å². The van der Waals surface area contributed by atoms with Crippen LogP contribution >= 0.6 is 0 Å². The number of aromatic carboxylic acids is 1. The van der Waals surface area contributed by atoms with Crippen molar-refractivity contribution in [3.8, 4) is 0 Å². The zero-order valence-electron chi connectivity index (χ0n) is 14.5. The summed E-state index contributed by atoms with van der Waals surface area (Å²) in [6, 6.07) is 18.6. The van der Waals surface area contributed by atoms with Gasteiger partial charge in [0, 0.05) is 19.3 Å². The summed E-state index contributed by atoms with van der Waals surface area (Å²) in [5.74, 6) is 0.158. The highest BCUT2D eigenvalue weighted by molar-refractivity contribution is 5.94. The third-order valence-corrected chi connectivity index (χ3v) is 3.94. The molecule has 0 fully saturated rings. The Balaban J connectivity index is 1.82. The van der Waals surface area contributed by atoms with Crippen molar-refractivity contribution in [2.75, 3.05) is 16.8 Å². The van der Waals surface area contributed by atoms with Gasteiger partial charge in [-0.1, -0.05) is 42.5 Å². The summed E-state index contributed by atoms with van der Waals surface area (Å²) < 4.78 is 0. The summed E-state index contributed by atoms with van der Waals surface area (Å²) in [6.07, 6.45) is 1.67. The van der Waals surface area contributed by atoms with Gasteiger partial charge in [0.25, 0.3) is 0 Å². The normalized spacial score (nSPS) is 10.3. The molecule has 6 nitrogen and oxygen atoms in total. The molecule has 132 valence electrons. The van der Waals surface area contributed by atoms with Gasteiger partial charge in [0.05, 0.1) is 11.3 Å². The molecule has 0 radical (unpaired) electrons. The molecule has 0 saturated heterocycles. The number of carboxylic acid groups (broad SMARTS) is 1. The van der Waals surface area contributed by atoms with Gasteiger partial charge >= 0.3 is 5.97 Å². The Kier molecular flexibility index (Phi) is 5.43. The van der Waals surface area contributed by atoms with Crippen LogP contribution in [0.4, 0.5) is 17.5 Å². The van der Waals surface area contributed by atoms with Crippen LogP contribution in [-0.2, 0) is 6.54 Å². The fraction of sp³-hybridized carbons (Fsp3) is 0.150. The van der Waals surface area contributed by atoms with E-state index in [9.17, 15) is 9.90 Å². The zero-order chi connectivity index (χ0) is 18.4. The molecule has 26 heavy (non-hydrogen) atoms. The predicted octanol–water partition coefficient (Wildman–Crippen LogP) is 3.94. The SMILES string of the molecule is CCN(Cc1ccccc1)c1nccc(Nc2ccccc2C(=O)O)n1. The molecule has 0 aliphatic heterocycles. The highest BCUT2D eigenvalue weighted by atomic mass is 16.4. The second-order valence-electron chi connectivity index (χ2n) is 5.72. The van der Waals surface area contributed by atoms with Gasteiger partial charge < -0.3 is 15.3 Å². The molecular weight excluding hydrogens is 328 g/mol. The first-order chi connectivity index (χ1) is 12.7. The van der Waals surface area contributed by atoms with Gasteiger partial charge in [-0.25, -0.2) is 9.78 Å². The molecule has 0 atom stereocenters. The molecule has 1 heterocycles. The first kappa shape index (κ1) is 17.4. The molecule has 6 heteroatoms. The lowest BCUT2D eigenvalue weighted by atomic mass is 10.2. The third kappa shape index (κ3) is 4.16. The van der Waals surface area contributed by atoms with Crippen molar-refractivity contribution >= 4 is 23.4 Å². The number of carboxylic acids is 1. The van der Waals surface area contributed by atoms with E-state index in [1.165, 1.54) is 5.56 Å². The van der Waals surface area contributed by atoms with Crippen LogP contribution in [0.5, 0.6) is 0 Å². The predicted molar refractivity (Wildman–Crippen MR) is 102 cm³/mol. The fourth-order valence-corrected chi connectivity index (χ4v) is 2.61. The molecule has 0 aliphatic carbocycles. The van der Waals surface area contributed by atoms with Crippen molar-refractivity contribution in [2.24, 2.45) is 0 Å². The Morgan fingerprint density at radius 1 is 1.08 bits per heavy atom. The third-order valence-electron chi connectivity index (χ3n) is 3.94. The number of nitrogens with zero attached hydrogens (tertiary/aromatic N) is 3. The molecule has 0 bridgehead atoms. The maximum atomic E-state index is 11.4. The smallest absolute Gasteiger partial charge is 0.337 e. The molecule has 0 saturated carbocycles. The second kappa shape index (κ2) is 8.11. The van der Waals surface area contributed by atoms with Gasteiger partial charge in [-0.3, -0.25) is 0 Å². The Hall–Kier alpha value is -3.41. The average Bonchev–Trinajstić information content (AvgIpc) is 2.67. The molecule has 0 aliphatic rings. The Labute approximate surface area is 152 Å². The van der Waals surface area contributed by atoms with Crippen LogP contribution in [0.1, 0.15) is 22.8 Å². The number of hydrogen-bond acceptors (Lipinski definition) is 5. The Morgan fingerprint density at radius 3 is 2.54 bits per heavy atom. The average molecular weight is 348 g/mol. The van der Waals surface area contributed by atoms with Crippen LogP contribution in [-0.4, -0.2) is 27.6 Å². The molecule has 2 N–H and O–H groups in total. The summed E-state index contributed by atoms with van der Waals surface area (Å²) in [6.45, 7) is 3.50. The lowest BCUT2D eigenvalue weighted by Crippen LogP contribution is -2.24. The van der Waals surface area contributed by atoms with Gasteiger partial charge in [-0.05, 0) is 30.7 Å². The van der Waals surface area contributed by atoms with Crippen molar-refractivity contribution in [3.05, 3.63) is 78.0 Å². The van der Waals surface area contributed by atoms with Gasteiger partial charge in [0.2, 0.25) is 5.95 Å². The highest BCUT2D eigenvalue weighted by Crippen LogP contribution is 2.21. The minimum atomic E-state index is -0.985. The van der Waals surface area contributed by atoms with E-state index in [1.54, 1.807) is 36.5 Å². The van der Waals surface area contributed by atoms with E-state index in [-0.39, 0.29) is 5.56 Å². The van der Waals surface area contributed by atoms with Gasteiger partial charge in [-0.2, -0.15) is 4.98 Å². The van der Waals surface area contributed by atoms with E-state index in [4.69, 9.17) is 0 Å². The largest absolute Gasteiger partial charge is 0.478 e.